The number of ether oxygens (including phenoxy) is 1. The van der Waals surface area contributed by atoms with E-state index in [4.69, 9.17) is 20.9 Å². The monoisotopic (exact) mass is 322 g/mol. The van der Waals surface area contributed by atoms with E-state index in [9.17, 15) is 4.79 Å². The highest BCUT2D eigenvalue weighted by Gasteiger charge is 2.15. The number of carbonyl (C=O) groups is 1. The number of nitrogens with one attached hydrogen (secondary N) is 1. The molecule has 1 aromatic heterocycles. The molecule has 0 spiro atoms. The van der Waals surface area contributed by atoms with Gasteiger partial charge in [-0.2, -0.15) is 0 Å². The highest BCUT2D eigenvalue weighted by molar-refractivity contribution is 6.29. The standard InChI is InChI=1S/C16H19ClN2O3/c1-10-4-6-13(7-5-10)21-11(2)9-18-15(20)8-14-12(3)19-22-16(14)17/h4-7,11H,8-9H2,1-3H3,(H,18,20)/t11-/m0/s1. The second kappa shape index (κ2) is 7.31. The van der Waals surface area contributed by atoms with E-state index in [1.165, 1.54) is 5.56 Å². The number of nitrogens with zero attached hydrogens (tertiary/aromatic N) is 1. The largest absolute Gasteiger partial charge is 0.489 e. The Morgan fingerprint density at radius 3 is 2.64 bits per heavy atom. The van der Waals surface area contributed by atoms with Crippen LogP contribution in [0.4, 0.5) is 0 Å². The fraction of sp³-hybridized carbons (Fsp3) is 0.375. The molecule has 0 saturated heterocycles. The van der Waals surface area contributed by atoms with Crippen LogP contribution in [0.25, 0.3) is 0 Å². The summed E-state index contributed by atoms with van der Waals surface area (Å²) in [7, 11) is 0. The molecule has 5 nitrogen and oxygen atoms in total. The molecule has 1 atom stereocenters. The van der Waals surface area contributed by atoms with Gasteiger partial charge in [0.05, 0.1) is 18.7 Å². The Morgan fingerprint density at radius 2 is 2.05 bits per heavy atom. The molecule has 22 heavy (non-hydrogen) atoms. The lowest BCUT2D eigenvalue weighted by Gasteiger charge is -2.15. The van der Waals surface area contributed by atoms with Crippen LogP contribution in [0, 0.1) is 13.8 Å². The van der Waals surface area contributed by atoms with Crippen LogP contribution in [-0.2, 0) is 11.2 Å². The lowest BCUT2D eigenvalue weighted by Crippen LogP contribution is -2.34. The van der Waals surface area contributed by atoms with Gasteiger partial charge in [0, 0.05) is 5.56 Å². The zero-order valence-corrected chi connectivity index (χ0v) is 13.6. The molecule has 6 heteroatoms. The SMILES string of the molecule is Cc1ccc(O[C@@H](C)CNC(=O)Cc2c(C)noc2Cl)cc1. The summed E-state index contributed by atoms with van der Waals surface area (Å²) >= 11 is 5.84. The van der Waals surface area contributed by atoms with Crippen molar-refractivity contribution in [2.75, 3.05) is 6.54 Å². The van der Waals surface area contributed by atoms with Crippen molar-refractivity contribution >= 4 is 17.5 Å². The molecule has 2 rings (SSSR count). The molecule has 0 bridgehead atoms. The second-order valence-electron chi connectivity index (χ2n) is 5.24. The average Bonchev–Trinajstić information content (AvgIpc) is 2.79. The van der Waals surface area contributed by atoms with Crippen molar-refractivity contribution < 1.29 is 14.1 Å². The van der Waals surface area contributed by atoms with Gasteiger partial charge in [0.2, 0.25) is 11.1 Å². The van der Waals surface area contributed by atoms with Gasteiger partial charge >= 0.3 is 0 Å². The molecule has 0 aliphatic carbocycles. The Hall–Kier alpha value is -2.01. The highest BCUT2D eigenvalue weighted by Crippen LogP contribution is 2.19. The summed E-state index contributed by atoms with van der Waals surface area (Å²) in [4.78, 5) is 11.9. The van der Waals surface area contributed by atoms with Gasteiger partial charge in [-0.1, -0.05) is 22.9 Å². The number of amides is 1. The summed E-state index contributed by atoms with van der Waals surface area (Å²) < 4.78 is 10.6. The van der Waals surface area contributed by atoms with E-state index in [2.05, 4.69) is 10.5 Å². The zero-order chi connectivity index (χ0) is 16.1. The summed E-state index contributed by atoms with van der Waals surface area (Å²) in [6, 6.07) is 7.79. The van der Waals surface area contributed by atoms with Crippen molar-refractivity contribution in [2.45, 2.75) is 33.3 Å². The molecule has 118 valence electrons. The molecule has 0 radical (unpaired) electrons. The molecule has 0 aliphatic heterocycles. The summed E-state index contributed by atoms with van der Waals surface area (Å²) in [6.07, 6.45) is 0.0107. The van der Waals surface area contributed by atoms with Gasteiger partial charge in [-0.05, 0) is 44.5 Å². The first-order valence-electron chi connectivity index (χ1n) is 7.06. The van der Waals surface area contributed by atoms with Crippen molar-refractivity contribution in [2.24, 2.45) is 0 Å². The number of carbonyl (C=O) groups excluding carboxylic acids is 1. The molecule has 1 N–H and O–H groups in total. The van der Waals surface area contributed by atoms with Crippen LogP contribution < -0.4 is 10.1 Å². The van der Waals surface area contributed by atoms with E-state index in [1.54, 1.807) is 6.92 Å². The summed E-state index contributed by atoms with van der Waals surface area (Å²) in [5.41, 5.74) is 2.42. The maximum atomic E-state index is 11.9. The van der Waals surface area contributed by atoms with Crippen molar-refractivity contribution in [3.8, 4) is 5.75 Å². The third kappa shape index (κ3) is 4.49. The smallest absolute Gasteiger partial charge is 0.229 e. The summed E-state index contributed by atoms with van der Waals surface area (Å²) in [6.45, 7) is 6.08. The van der Waals surface area contributed by atoms with Gasteiger partial charge in [-0.3, -0.25) is 4.79 Å². The Kier molecular flexibility index (Phi) is 5.44. The summed E-state index contributed by atoms with van der Waals surface area (Å²) in [5, 5.41) is 6.69. The van der Waals surface area contributed by atoms with Crippen molar-refractivity contribution in [3.63, 3.8) is 0 Å². The molecule has 2 aromatic rings. The fourth-order valence-corrected chi connectivity index (χ4v) is 2.17. The molecule has 0 aliphatic rings. The van der Waals surface area contributed by atoms with E-state index in [1.807, 2.05) is 38.1 Å². The maximum Gasteiger partial charge on any atom is 0.229 e. The van der Waals surface area contributed by atoms with Gasteiger partial charge in [-0.25, -0.2) is 0 Å². The second-order valence-corrected chi connectivity index (χ2v) is 5.59. The average molecular weight is 323 g/mol. The van der Waals surface area contributed by atoms with Gasteiger partial charge in [0.1, 0.15) is 11.9 Å². The van der Waals surface area contributed by atoms with Crippen molar-refractivity contribution in [1.29, 1.82) is 0 Å². The minimum Gasteiger partial charge on any atom is -0.489 e. The zero-order valence-electron chi connectivity index (χ0n) is 12.9. The van der Waals surface area contributed by atoms with Crippen LogP contribution in [0.3, 0.4) is 0 Å². The van der Waals surface area contributed by atoms with E-state index in [0.717, 1.165) is 5.75 Å². The third-order valence-electron chi connectivity index (χ3n) is 3.22. The van der Waals surface area contributed by atoms with Gasteiger partial charge < -0.3 is 14.6 Å². The fourth-order valence-electron chi connectivity index (χ4n) is 1.93. The van der Waals surface area contributed by atoms with Crippen LogP contribution in [-0.4, -0.2) is 23.7 Å². The lowest BCUT2D eigenvalue weighted by atomic mass is 10.2. The molecule has 0 saturated carbocycles. The van der Waals surface area contributed by atoms with Crippen molar-refractivity contribution in [3.05, 3.63) is 46.3 Å². The number of hydrogen-bond donors (Lipinski definition) is 1. The first-order chi connectivity index (χ1) is 10.5. The molecular formula is C16H19ClN2O3. The van der Waals surface area contributed by atoms with Gasteiger partial charge in [-0.15, -0.1) is 0 Å². The van der Waals surface area contributed by atoms with E-state index in [0.29, 0.717) is 17.8 Å². The Morgan fingerprint density at radius 1 is 1.36 bits per heavy atom. The lowest BCUT2D eigenvalue weighted by molar-refractivity contribution is -0.120. The molecule has 0 fully saturated rings. The minimum absolute atomic E-state index is 0.134. The van der Waals surface area contributed by atoms with E-state index < -0.39 is 0 Å². The van der Waals surface area contributed by atoms with Crippen LogP contribution in [0.15, 0.2) is 28.8 Å². The molecule has 1 amide bonds. The van der Waals surface area contributed by atoms with E-state index in [-0.39, 0.29) is 23.7 Å². The predicted molar refractivity (Wildman–Crippen MR) is 84.2 cm³/mol. The van der Waals surface area contributed by atoms with Crippen LogP contribution in [0.5, 0.6) is 5.75 Å². The topological polar surface area (TPSA) is 64.4 Å². The maximum absolute atomic E-state index is 11.9. The number of hydrogen-bond acceptors (Lipinski definition) is 4. The minimum atomic E-state index is -0.146. The van der Waals surface area contributed by atoms with Crippen LogP contribution in [0.2, 0.25) is 5.22 Å². The molecule has 1 aromatic carbocycles. The number of rotatable bonds is 6. The van der Waals surface area contributed by atoms with Gasteiger partial charge in [0.25, 0.3) is 0 Å². The highest BCUT2D eigenvalue weighted by atomic mass is 35.5. The number of benzene rings is 1. The Balaban J connectivity index is 1.79. The van der Waals surface area contributed by atoms with Crippen LogP contribution >= 0.6 is 11.6 Å². The predicted octanol–water partition coefficient (Wildman–Crippen LogP) is 3.07. The third-order valence-corrected chi connectivity index (χ3v) is 3.52. The number of halogens is 1. The quantitative estimate of drug-likeness (QED) is 0.887. The number of aromatic nitrogens is 1. The van der Waals surface area contributed by atoms with Gasteiger partial charge in [0.15, 0.2) is 0 Å². The summed E-state index contributed by atoms with van der Waals surface area (Å²) in [5.74, 6) is 0.637. The molecular weight excluding hydrogens is 304 g/mol. The normalized spacial score (nSPS) is 12.0. The molecule has 1 heterocycles. The Labute approximate surface area is 134 Å². The molecule has 0 unspecified atom stereocenters. The van der Waals surface area contributed by atoms with Crippen LogP contribution in [0.1, 0.15) is 23.7 Å². The number of aryl methyl sites for hydroxylation is 2. The Bertz CT molecular complexity index is 618. The first kappa shape index (κ1) is 16.4. The van der Waals surface area contributed by atoms with Crippen molar-refractivity contribution in [1.82, 2.24) is 10.5 Å². The first-order valence-corrected chi connectivity index (χ1v) is 7.44. The van der Waals surface area contributed by atoms with E-state index >= 15 is 0 Å².